The Bertz CT molecular complexity index is 1200. The van der Waals surface area contributed by atoms with Crippen molar-refractivity contribution in [2.75, 3.05) is 26.7 Å². The highest BCUT2D eigenvalue weighted by molar-refractivity contribution is 5.99. The average molecular weight is 449 g/mol. The molecule has 1 aliphatic rings. The molecule has 3 aromatic rings. The largest absolute Gasteiger partial charge is 0.395 e. The number of hydrogen-bond acceptors (Lipinski definition) is 4. The summed E-state index contributed by atoms with van der Waals surface area (Å²) in [6, 6.07) is 3.14. The first-order chi connectivity index (χ1) is 15.1. The number of aliphatic hydroxyl groups is 1. The van der Waals surface area contributed by atoms with E-state index in [1.807, 2.05) is 0 Å². The van der Waals surface area contributed by atoms with Crippen LogP contribution in [0.4, 0.5) is 13.2 Å². The molecule has 11 heteroatoms. The van der Waals surface area contributed by atoms with Crippen molar-refractivity contribution in [3.63, 3.8) is 0 Å². The first-order valence-electron chi connectivity index (χ1n) is 10.0. The Kier molecular flexibility index (Phi) is 5.45. The van der Waals surface area contributed by atoms with Crippen molar-refractivity contribution >= 4 is 22.7 Å². The number of nitrogens with one attached hydrogen (secondary N) is 2. The number of H-pyrrole nitrogens is 2. The minimum Gasteiger partial charge on any atom is -0.395 e. The summed E-state index contributed by atoms with van der Waals surface area (Å²) in [6.07, 6.45) is 0.429. The van der Waals surface area contributed by atoms with E-state index in [0.29, 0.717) is 25.5 Å². The molecule has 4 rings (SSSR count). The van der Waals surface area contributed by atoms with Gasteiger partial charge in [-0.1, -0.05) is 0 Å². The molecule has 1 aliphatic heterocycles. The maximum atomic E-state index is 14.0. The van der Waals surface area contributed by atoms with E-state index >= 15 is 0 Å². The Balaban J connectivity index is 1.63. The van der Waals surface area contributed by atoms with Crippen molar-refractivity contribution in [2.45, 2.75) is 25.8 Å². The van der Waals surface area contributed by atoms with Gasteiger partial charge in [0.1, 0.15) is 11.5 Å². The molecule has 0 saturated heterocycles. The van der Waals surface area contributed by atoms with Crippen LogP contribution in [0.5, 0.6) is 0 Å². The van der Waals surface area contributed by atoms with E-state index in [0.717, 1.165) is 17.8 Å². The summed E-state index contributed by atoms with van der Waals surface area (Å²) in [5.41, 5.74) is 1.13. The first kappa shape index (κ1) is 21.9. The molecule has 0 bridgehead atoms. The Labute approximate surface area is 181 Å². The lowest BCUT2D eigenvalue weighted by atomic mass is 10.0. The van der Waals surface area contributed by atoms with Gasteiger partial charge in [-0.15, -0.1) is 0 Å². The Morgan fingerprint density at radius 1 is 1.31 bits per heavy atom. The fourth-order valence-electron chi connectivity index (χ4n) is 3.93. The highest BCUT2D eigenvalue weighted by Gasteiger charge is 2.32. The summed E-state index contributed by atoms with van der Waals surface area (Å²) in [6.45, 7) is 1.04. The fraction of sp³-hybridized carbons (Fsp3) is 0.381. The third-order valence-corrected chi connectivity index (χ3v) is 5.61. The molecule has 0 aliphatic carbocycles. The van der Waals surface area contributed by atoms with Crippen LogP contribution in [-0.4, -0.2) is 68.6 Å². The van der Waals surface area contributed by atoms with E-state index in [-0.39, 0.29) is 47.9 Å². The predicted molar refractivity (Wildman–Crippen MR) is 109 cm³/mol. The van der Waals surface area contributed by atoms with Crippen LogP contribution in [0.1, 0.15) is 44.7 Å². The summed E-state index contributed by atoms with van der Waals surface area (Å²) in [5.74, 6) is -4.95. The van der Waals surface area contributed by atoms with E-state index in [2.05, 4.69) is 15.2 Å². The van der Waals surface area contributed by atoms with E-state index in [1.54, 1.807) is 0 Å². The number of fused-ring (bicyclic) bond motifs is 2. The number of aromatic amines is 2. The molecular weight excluding hydrogens is 427 g/mol. The van der Waals surface area contributed by atoms with Crippen molar-refractivity contribution in [3.8, 4) is 0 Å². The molecule has 0 radical (unpaired) electrons. The summed E-state index contributed by atoms with van der Waals surface area (Å²) < 4.78 is 41.8. The number of alkyl halides is 2. The molecule has 0 unspecified atom stereocenters. The van der Waals surface area contributed by atoms with Gasteiger partial charge in [-0.3, -0.25) is 14.7 Å². The van der Waals surface area contributed by atoms with Crippen LogP contribution in [-0.2, 0) is 18.9 Å². The highest BCUT2D eigenvalue weighted by atomic mass is 19.3. The summed E-state index contributed by atoms with van der Waals surface area (Å²) >= 11 is 0. The van der Waals surface area contributed by atoms with Crippen LogP contribution >= 0.6 is 0 Å². The van der Waals surface area contributed by atoms with Crippen molar-refractivity contribution in [2.24, 2.45) is 0 Å². The number of halogens is 3. The van der Waals surface area contributed by atoms with Gasteiger partial charge < -0.3 is 19.9 Å². The van der Waals surface area contributed by atoms with Crippen LogP contribution in [0.3, 0.4) is 0 Å². The van der Waals surface area contributed by atoms with Crippen molar-refractivity contribution in [3.05, 3.63) is 52.2 Å². The second-order valence-electron chi connectivity index (χ2n) is 7.94. The van der Waals surface area contributed by atoms with Crippen molar-refractivity contribution in [1.82, 2.24) is 25.0 Å². The van der Waals surface area contributed by atoms with Crippen molar-refractivity contribution < 1.29 is 27.9 Å². The maximum Gasteiger partial charge on any atom is 0.274 e. The van der Waals surface area contributed by atoms with Gasteiger partial charge in [0.25, 0.3) is 17.7 Å². The number of benzene rings is 1. The summed E-state index contributed by atoms with van der Waals surface area (Å²) in [5, 5.41) is 16.0. The van der Waals surface area contributed by atoms with Crippen molar-refractivity contribution in [1.29, 1.82) is 0 Å². The zero-order valence-electron chi connectivity index (χ0n) is 17.5. The molecule has 0 spiro atoms. The third-order valence-electron chi connectivity index (χ3n) is 5.61. The van der Waals surface area contributed by atoms with E-state index in [9.17, 15) is 22.8 Å². The van der Waals surface area contributed by atoms with E-state index in [1.165, 1.54) is 22.9 Å². The minimum absolute atomic E-state index is 0.0494. The lowest BCUT2D eigenvalue weighted by Gasteiger charge is -2.27. The number of hydrogen-bond donors (Lipinski definition) is 3. The zero-order chi connectivity index (χ0) is 23.2. The second kappa shape index (κ2) is 7.97. The number of rotatable bonds is 5. The number of carbonyl (C=O) groups excluding carboxylic acids is 2. The standard InChI is InChI=1S/C21H22F3N5O3/c1-21(23,24)14-7-11(22)8-16-12(14)9-17(25-16)19(31)29-4-3-15-13(10-29)18(27-26-15)20(32)28(2)5-6-30/h7-9,25,30H,3-6,10H2,1-2H3,(H,26,27). The van der Waals surface area contributed by atoms with Crippen LogP contribution in [0.2, 0.25) is 0 Å². The van der Waals surface area contributed by atoms with Gasteiger partial charge in [0.15, 0.2) is 5.69 Å². The average Bonchev–Trinajstić information content (AvgIpc) is 3.35. The molecule has 2 aromatic heterocycles. The number of nitrogens with zero attached hydrogens (tertiary/aromatic N) is 3. The van der Waals surface area contributed by atoms with E-state index in [4.69, 9.17) is 5.11 Å². The molecular formula is C21H22F3N5O3. The molecule has 2 amide bonds. The highest BCUT2D eigenvalue weighted by Crippen LogP contribution is 2.34. The summed E-state index contributed by atoms with van der Waals surface area (Å²) in [4.78, 5) is 31.3. The molecule has 0 fully saturated rings. The normalized spacial score (nSPS) is 14.0. The van der Waals surface area contributed by atoms with Crippen LogP contribution in [0, 0.1) is 5.82 Å². The molecule has 0 atom stereocenters. The van der Waals surface area contributed by atoms with Crippen LogP contribution in [0.15, 0.2) is 18.2 Å². The number of likely N-dealkylation sites (N-methyl/N-ethyl adjacent to an activating group) is 1. The van der Waals surface area contributed by atoms with Crippen LogP contribution < -0.4 is 0 Å². The monoisotopic (exact) mass is 449 g/mol. The number of carbonyl (C=O) groups is 2. The van der Waals surface area contributed by atoms with Gasteiger partial charge in [-0.25, -0.2) is 13.2 Å². The Morgan fingerprint density at radius 2 is 2.06 bits per heavy atom. The van der Waals surface area contributed by atoms with Gasteiger partial charge in [0.05, 0.1) is 13.2 Å². The Morgan fingerprint density at radius 3 is 2.75 bits per heavy atom. The quantitative estimate of drug-likeness (QED) is 0.556. The smallest absolute Gasteiger partial charge is 0.274 e. The van der Waals surface area contributed by atoms with Gasteiger partial charge >= 0.3 is 0 Å². The molecule has 32 heavy (non-hydrogen) atoms. The molecule has 3 N–H and O–H groups in total. The van der Waals surface area contributed by atoms with Gasteiger partial charge in [0, 0.05) is 61.2 Å². The SMILES string of the molecule is CN(CCO)C(=O)c1n[nH]c2c1CN(C(=O)c1cc3c(C(C)(F)F)cc(F)cc3[nH]1)CC2. The maximum absolute atomic E-state index is 14.0. The topological polar surface area (TPSA) is 105 Å². The van der Waals surface area contributed by atoms with Gasteiger partial charge in [-0.05, 0) is 18.2 Å². The minimum atomic E-state index is -3.28. The van der Waals surface area contributed by atoms with Crippen LogP contribution in [0.25, 0.3) is 10.9 Å². The third kappa shape index (κ3) is 3.83. The fourth-order valence-corrected chi connectivity index (χ4v) is 3.93. The molecule has 3 heterocycles. The Hall–Kier alpha value is -3.34. The van der Waals surface area contributed by atoms with E-state index < -0.39 is 23.2 Å². The lowest BCUT2D eigenvalue weighted by Crippen LogP contribution is -2.37. The molecule has 170 valence electrons. The number of amides is 2. The zero-order valence-corrected chi connectivity index (χ0v) is 17.5. The first-order valence-corrected chi connectivity index (χ1v) is 10.0. The lowest BCUT2D eigenvalue weighted by molar-refractivity contribution is 0.0188. The second-order valence-corrected chi connectivity index (χ2v) is 7.94. The number of aliphatic hydroxyl groups excluding tert-OH is 1. The summed E-state index contributed by atoms with van der Waals surface area (Å²) in [7, 11) is 1.54. The van der Waals surface area contributed by atoms with Gasteiger partial charge in [-0.2, -0.15) is 5.10 Å². The number of aromatic nitrogens is 3. The molecule has 8 nitrogen and oxygen atoms in total. The van der Waals surface area contributed by atoms with Gasteiger partial charge in [0.2, 0.25) is 0 Å². The molecule has 1 aromatic carbocycles. The predicted octanol–water partition coefficient (Wildman–Crippen LogP) is 2.40. The molecule has 0 saturated carbocycles.